The van der Waals surface area contributed by atoms with Gasteiger partial charge in [-0.25, -0.2) is 4.98 Å². The van der Waals surface area contributed by atoms with E-state index in [1.165, 1.54) is 32.7 Å². The van der Waals surface area contributed by atoms with Crippen LogP contribution in [0.25, 0.3) is 11.3 Å². The van der Waals surface area contributed by atoms with Crippen molar-refractivity contribution in [2.75, 3.05) is 38.1 Å². The third kappa shape index (κ3) is 4.32. The average Bonchev–Trinajstić information content (AvgIpc) is 3.54. The van der Waals surface area contributed by atoms with Gasteiger partial charge in [-0.2, -0.15) is 0 Å². The second-order valence-electron chi connectivity index (χ2n) is 8.65. The Bertz CT molecular complexity index is 1290. The molecular weight excluding hydrogens is 466 g/mol. The lowest BCUT2D eigenvalue weighted by atomic mass is 10.1. The van der Waals surface area contributed by atoms with Gasteiger partial charge >= 0.3 is 0 Å². The van der Waals surface area contributed by atoms with Crippen molar-refractivity contribution in [3.05, 3.63) is 46.3 Å². The largest absolute Gasteiger partial charge is 0.493 e. The lowest BCUT2D eigenvalue weighted by Crippen LogP contribution is -2.30. The number of fused-ring (bicyclic) bond motifs is 1. The molecule has 2 heterocycles. The quantitative estimate of drug-likeness (QED) is 0.513. The van der Waals surface area contributed by atoms with Crippen LogP contribution in [-0.4, -0.2) is 44.7 Å². The van der Waals surface area contributed by atoms with Gasteiger partial charge in [0.2, 0.25) is 11.7 Å². The van der Waals surface area contributed by atoms with Gasteiger partial charge in [-0.3, -0.25) is 14.9 Å². The van der Waals surface area contributed by atoms with Gasteiger partial charge in [0, 0.05) is 34.2 Å². The summed E-state index contributed by atoms with van der Waals surface area (Å²) in [6, 6.07) is 9.35. The molecule has 1 fully saturated rings. The number of nitrogens with zero attached hydrogens (tertiary/aromatic N) is 2. The Morgan fingerprint density at radius 2 is 1.77 bits per heavy atom. The van der Waals surface area contributed by atoms with Crippen molar-refractivity contribution < 1.29 is 23.8 Å². The highest BCUT2D eigenvalue weighted by atomic mass is 32.1. The third-order valence-corrected chi connectivity index (χ3v) is 7.27. The van der Waals surface area contributed by atoms with E-state index in [0.29, 0.717) is 27.9 Å². The molecule has 9 heteroatoms. The molecule has 5 rings (SSSR count). The second-order valence-corrected chi connectivity index (χ2v) is 9.85. The van der Waals surface area contributed by atoms with Crippen molar-refractivity contribution in [3.63, 3.8) is 0 Å². The highest BCUT2D eigenvalue weighted by Crippen LogP contribution is 2.40. The summed E-state index contributed by atoms with van der Waals surface area (Å²) in [6.07, 6.45) is 2.85. The van der Waals surface area contributed by atoms with Crippen LogP contribution in [0.5, 0.6) is 17.2 Å². The number of aryl methyl sites for hydroxylation is 1. The predicted molar refractivity (Wildman–Crippen MR) is 135 cm³/mol. The van der Waals surface area contributed by atoms with Crippen LogP contribution in [0.15, 0.2) is 30.3 Å². The van der Waals surface area contributed by atoms with Crippen molar-refractivity contribution in [3.8, 4) is 28.5 Å². The number of carbonyl (C=O) groups is 2. The minimum Gasteiger partial charge on any atom is -0.493 e. The number of carbonyl (C=O) groups excluding carboxylic acids is 2. The maximum Gasteiger partial charge on any atom is 0.257 e. The molecule has 1 aromatic heterocycles. The Hall–Kier alpha value is -3.59. The van der Waals surface area contributed by atoms with Gasteiger partial charge in [0.05, 0.1) is 27.0 Å². The number of ether oxygens (including phenoxy) is 3. The van der Waals surface area contributed by atoms with Crippen LogP contribution >= 0.6 is 11.3 Å². The summed E-state index contributed by atoms with van der Waals surface area (Å²) in [4.78, 5) is 33.2. The van der Waals surface area contributed by atoms with E-state index < -0.39 is 0 Å². The summed E-state index contributed by atoms with van der Waals surface area (Å²) < 4.78 is 16.0. The average molecular weight is 494 g/mol. The number of benzene rings is 2. The molecule has 0 bridgehead atoms. The van der Waals surface area contributed by atoms with Gasteiger partial charge in [0.15, 0.2) is 16.6 Å². The highest BCUT2D eigenvalue weighted by molar-refractivity contribution is 7.16. The molecule has 1 saturated carbocycles. The molecule has 0 atom stereocenters. The first-order chi connectivity index (χ1) is 16.9. The fraction of sp³-hybridized carbons (Fsp3) is 0.346. The SMILES string of the molecule is COc1cc(C(=O)Nc2nc(-c3ccc4c(c3)CCN4C(=O)C3CC3)c(C)s2)cc(OC)c1OC. The summed E-state index contributed by atoms with van der Waals surface area (Å²) in [5.74, 6) is 1.36. The van der Waals surface area contributed by atoms with Crippen LogP contribution < -0.4 is 24.4 Å². The Morgan fingerprint density at radius 1 is 1.06 bits per heavy atom. The van der Waals surface area contributed by atoms with Crippen LogP contribution in [0.4, 0.5) is 10.8 Å². The topological polar surface area (TPSA) is 90.0 Å². The van der Waals surface area contributed by atoms with Crippen LogP contribution in [-0.2, 0) is 11.2 Å². The number of methoxy groups -OCH3 is 3. The fourth-order valence-corrected chi connectivity index (χ4v) is 5.26. The zero-order valence-electron chi connectivity index (χ0n) is 20.1. The van der Waals surface area contributed by atoms with Gasteiger partial charge in [0.25, 0.3) is 5.91 Å². The number of hydrogen-bond donors (Lipinski definition) is 1. The third-order valence-electron chi connectivity index (χ3n) is 6.39. The lowest BCUT2D eigenvalue weighted by Gasteiger charge is -2.17. The van der Waals surface area contributed by atoms with Crippen LogP contribution in [0, 0.1) is 12.8 Å². The molecule has 0 unspecified atom stereocenters. The van der Waals surface area contributed by atoms with Gasteiger partial charge in [-0.05, 0) is 56.0 Å². The minimum absolute atomic E-state index is 0.207. The Kier molecular flexibility index (Phi) is 6.10. The molecule has 182 valence electrons. The molecule has 8 nitrogen and oxygen atoms in total. The Labute approximate surface area is 207 Å². The first kappa shape index (κ1) is 23.2. The van der Waals surface area contributed by atoms with E-state index in [1.54, 1.807) is 12.1 Å². The van der Waals surface area contributed by atoms with E-state index >= 15 is 0 Å². The number of amides is 2. The number of thiazole rings is 1. The maximum atomic E-state index is 13.0. The van der Waals surface area contributed by atoms with Crippen molar-refractivity contribution in [2.45, 2.75) is 26.2 Å². The van der Waals surface area contributed by atoms with E-state index in [0.717, 1.165) is 53.2 Å². The fourth-order valence-electron chi connectivity index (χ4n) is 4.43. The molecule has 3 aromatic rings. The zero-order valence-corrected chi connectivity index (χ0v) is 21.0. The lowest BCUT2D eigenvalue weighted by molar-refractivity contribution is -0.119. The molecule has 2 aromatic carbocycles. The summed E-state index contributed by atoms with van der Waals surface area (Å²) in [5, 5.41) is 3.39. The van der Waals surface area contributed by atoms with Gasteiger partial charge < -0.3 is 19.1 Å². The standard InChI is InChI=1S/C26H27N3O5S/c1-14-22(17-7-8-19-16(11-17)9-10-29(19)25(31)15-5-6-15)27-26(35-14)28-24(30)18-12-20(32-2)23(34-4)21(13-18)33-3/h7-8,11-13,15H,5-6,9-10H2,1-4H3,(H,27,28,30). The van der Waals surface area contributed by atoms with Crippen molar-refractivity contribution >= 4 is 34.0 Å². The second kappa shape index (κ2) is 9.22. The molecule has 2 aliphatic rings. The molecule has 1 aliphatic heterocycles. The van der Waals surface area contributed by atoms with Gasteiger partial charge in [-0.15, -0.1) is 11.3 Å². The summed E-state index contributed by atoms with van der Waals surface area (Å²) in [6.45, 7) is 2.72. The molecule has 0 spiro atoms. The Balaban J connectivity index is 1.37. The van der Waals surface area contributed by atoms with E-state index in [2.05, 4.69) is 11.4 Å². The van der Waals surface area contributed by atoms with Crippen molar-refractivity contribution in [1.29, 1.82) is 0 Å². The molecule has 0 saturated heterocycles. The molecule has 0 radical (unpaired) electrons. The summed E-state index contributed by atoms with van der Waals surface area (Å²) >= 11 is 1.42. The first-order valence-electron chi connectivity index (χ1n) is 11.5. The summed E-state index contributed by atoms with van der Waals surface area (Å²) in [7, 11) is 4.53. The number of rotatable bonds is 7. The van der Waals surface area contributed by atoms with Crippen LogP contribution in [0.2, 0.25) is 0 Å². The molecule has 1 aliphatic carbocycles. The predicted octanol–water partition coefficient (Wildman–Crippen LogP) is 4.70. The Morgan fingerprint density at radius 3 is 2.40 bits per heavy atom. The zero-order chi connectivity index (χ0) is 24.7. The number of hydrogen-bond acceptors (Lipinski definition) is 7. The minimum atomic E-state index is -0.326. The van der Waals surface area contributed by atoms with Crippen molar-refractivity contribution in [2.24, 2.45) is 5.92 Å². The van der Waals surface area contributed by atoms with E-state index in [-0.39, 0.29) is 17.7 Å². The van der Waals surface area contributed by atoms with E-state index in [4.69, 9.17) is 19.2 Å². The van der Waals surface area contributed by atoms with E-state index in [9.17, 15) is 9.59 Å². The molecule has 35 heavy (non-hydrogen) atoms. The van der Waals surface area contributed by atoms with Gasteiger partial charge in [-0.1, -0.05) is 6.07 Å². The maximum absolute atomic E-state index is 13.0. The van der Waals surface area contributed by atoms with Crippen LogP contribution in [0.3, 0.4) is 0 Å². The first-order valence-corrected chi connectivity index (χ1v) is 12.3. The normalized spacial score (nSPS) is 14.5. The van der Waals surface area contributed by atoms with E-state index in [1.807, 2.05) is 24.0 Å². The smallest absolute Gasteiger partial charge is 0.257 e. The highest BCUT2D eigenvalue weighted by Gasteiger charge is 2.36. The summed E-state index contributed by atoms with van der Waals surface area (Å²) in [5.41, 5.74) is 4.34. The number of aromatic nitrogens is 1. The number of nitrogens with one attached hydrogen (secondary N) is 1. The number of anilines is 2. The molecular formula is C26H27N3O5S. The van der Waals surface area contributed by atoms with Crippen LogP contribution in [0.1, 0.15) is 33.6 Å². The van der Waals surface area contributed by atoms with Crippen molar-refractivity contribution in [1.82, 2.24) is 4.98 Å². The monoisotopic (exact) mass is 493 g/mol. The van der Waals surface area contributed by atoms with Gasteiger partial charge in [0.1, 0.15) is 0 Å². The molecule has 1 N–H and O–H groups in total. The molecule has 2 amide bonds.